The van der Waals surface area contributed by atoms with E-state index in [2.05, 4.69) is 10.6 Å². The van der Waals surface area contributed by atoms with E-state index < -0.39 is 6.04 Å². The lowest BCUT2D eigenvalue weighted by Gasteiger charge is -2.19. The first-order valence-electron chi connectivity index (χ1n) is 8.99. The number of nitrogens with one attached hydrogen (secondary N) is 2. The molecule has 0 radical (unpaired) electrons. The van der Waals surface area contributed by atoms with Crippen LogP contribution in [0.4, 0.5) is 10.1 Å². The Balaban J connectivity index is 0.00000392. The van der Waals surface area contributed by atoms with E-state index in [1.807, 2.05) is 32.9 Å². The van der Waals surface area contributed by atoms with Gasteiger partial charge in [-0.1, -0.05) is 26.0 Å². The van der Waals surface area contributed by atoms with Gasteiger partial charge in [-0.2, -0.15) is 0 Å². The van der Waals surface area contributed by atoms with Gasteiger partial charge < -0.3 is 16.4 Å². The van der Waals surface area contributed by atoms with Crippen molar-refractivity contribution in [2.75, 3.05) is 5.32 Å². The molecule has 2 atom stereocenters. The van der Waals surface area contributed by atoms with Crippen LogP contribution in [-0.4, -0.2) is 17.9 Å². The summed E-state index contributed by atoms with van der Waals surface area (Å²) in [5, 5.41) is 5.66. The Morgan fingerprint density at radius 2 is 1.57 bits per heavy atom. The van der Waals surface area contributed by atoms with Crippen LogP contribution in [0, 0.1) is 11.7 Å². The van der Waals surface area contributed by atoms with Crippen LogP contribution in [0.25, 0.3) is 0 Å². The molecule has 152 valence electrons. The molecular formula is C21H27ClFN3O2. The zero-order chi connectivity index (χ0) is 20.0. The quantitative estimate of drug-likeness (QED) is 0.647. The minimum atomic E-state index is -0.526. The summed E-state index contributed by atoms with van der Waals surface area (Å²) < 4.78 is 12.9. The fraction of sp³-hybridized carbons (Fsp3) is 0.333. The van der Waals surface area contributed by atoms with Crippen molar-refractivity contribution in [2.45, 2.75) is 39.3 Å². The highest BCUT2D eigenvalue weighted by molar-refractivity contribution is 6.04. The number of halogens is 2. The largest absolute Gasteiger partial charge is 0.348 e. The minimum Gasteiger partial charge on any atom is -0.348 e. The molecule has 0 saturated heterocycles. The first kappa shape index (κ1) is 23.6. The molecule has 0 aliphatic heterocycles. The summed E-state index contributed by atoms with van der Waals surface area (Å²) in [6.45, 7) is 5.93. The Kier molecular flexibility index (Phi) is 9.09. The van der Waals surface area contributed by atoms with Gasteiger partial charge in [0, 0.05) is 11.3 Å². The molecule has 2 rings (SSSR count). The van der Waals surface area contributed by atoms with E-state index >= 15 is 0 Å². The average molecular weight is 408 g/mol. The first-order chi connectivity index (χ1) is 12.8. The smallest absolute Gasteiger partial charge is 0.255 e. The van der Waals surface area contributed by atoms with Gasteiger partial charge in [0.15, 0.2) is 0 Å². The van der Waals surface area contributed by atoms with Gasteiger partial charge in [0.2, 0.25) is 5.91 Å². The van der Waals surface area contributed by atoms with Gasteiger partial charge in [-0.25, -0.2) is 4.39 Å². The third-order valence-corrected chi connectivity index (χ3v) is 4.20. The van der Waals surface area contributed by atoms with Crippen LogP contribution in [-0.2, 0) is 4.79 Å². The van der Waals surface area contributed by atoms with Crippen LogP contribution >= 0.6 is 12.4 Å². The van der Waals surface area contributed by atoms with Gasteiger partial charge in [0.1, 0.15) is 5.82 Å². The van der Waals surface area contributed by atoms with Gasteiger partial charge in [0.25, 0.3) is 5.91 Å². The molecule has 0 heterocycles. The van der Waals surface area contributed by atoms with Crippen molar-refractivity contribution in [3.63, 3.8) is 0 Å². The summed E-state index contributed by atoms with van der Waals surface area (Å²) in [6.07, 6.45) is 0.632. The average Bonchev–Trinajstić information content (AvgIpc) is 2.62. The van der Waals surface area contributed by atoms with E-state index in [0.29, 0.717) is 23.6 Å². The van der Waals surface area contributed by atoms with Crippen LogP contribution in [0.2, 0.25) is 0 Å². The number of amides is 2. The fourth-order valence-electron chi connectivity index (χ4n) is 2.68. The second kappa shape index (κ2) is 10.8. The van der Waals surface area contributed by atoms with Crippen molar-refractivity contribution in [1.29, 1.82) is 0 Å². The van der Waals surface area contributed by atoms with Gasteiger partial charge in [0.05, 0.1) is 12.1 Å². The topological polar surface area (TPSA) is 84.2 Å². The molecule has 0 spiro atoms. The molecule has 7 heteroatoms. The lowest BCUT2D eigenvalue weighted by atomic mass is 10.0. The number of rotatable bonds is 7. The van der Waals surface area contributed by atoms with E-state index in [1.165, 1.54) is 24.3 Å². The molecule has 2 amide bonds. The van der Waals surface area contributed by atoms with Gasteiger partial charge in [-0.3, -0.25) is 9.59 Å². The summed E-state index contributed by atoms with van der Waals surface area (Å²) in [6, 6.07) is 11.8. The third kappa shape index (κ3) is 6.94. The van der Waals surface area contributed by atoms with E-state index in [9.17, 15) is 14.0 Å². The highest BCUT2D eigenvalue weighted by Gasteiger charge is 2.17. The van der Waals surface area contributed by atoms with Crippen LogP contribution in [0.15, 0.2) is 48.5 Å². The van der Waals surface area contributed by atoms with Crippen molar-refractivity contribution < 1.29 is 14.0 Å². The minimum absolute atomic E-state index is 0. The van der Waals surface area contributed by atoms with Gasteiger partial charge >= 0.3 is 0 Å². The standard InChI is InChI=1S/C21H26FN3O2.ClH/c1-13(2)12-19(23)21(27)24-14(3)15-6-10-18(11-7-15)25-20(26)16-4-8-17(22)9-5-16;/h4-11,13-14,19H,12,23H2,1-3H3,(H,24,27)(H,25,26);1H/t14?,19-;/m0./s1. The Morgan fingerprint density at radius 1 is 1.00 bits per heavy atom. The lowest BCUT2D eigenvalue weighted by molar-refractivity contribution is -0.123. The van der Waals surface area contributed by atoms with Gasteiger partial charge in [-0.15, -0.1) is 12.4 Å². The van der Waals surface area contributed by atoms with Crippen LogP contribution in [0.3, 0.4) is 0 Å². The Labute approximate surface area is 171 Å². The number of anilines is 1. The highest BCUT2D eigenvalue weighted by atomic mass is 35.5. The Morgan fingerprint density at radius 3 is 2.11 bits per heavy atom. The molecule has 1 unspecified atom stereocenters. The zero-order valence-corrected chi connectivity index (χ0v) is 17.1. The first-order valence-corrected chi connectivity index (χ1v) is 8.99. The lowest BCUT2D eigenvalue weighted by Crippen LogP contribution is -2.42. The molecule has 0 saturated carbocycles. The van der Waals surface area contributed by atoms with Crippen LogP contribution in [0.5, 0.6) is 0 Å². The molecule has 2 aromatic rings. The molecule has 0 aromatic heterocycles. The normalized spacial score (nSPS) is 12.6. The molecule has 0 bridgehead atoms. The molecule has 0 fully saturated rings. The second-order valence-corrected chi connectivity index (χ2v) is 7.05. The number of hydrogen-bond acceptors (Lipinski definition) is 3. The number of nitrogens with two attached hydrogens (primary N) is 1. The summed E-state index contributed by atoms with van der Waals surface area (Å²) in [4.78, 5) is 24.3. The second-order valence-electron chi connectivity index (χ2n) is 7.05. The maximum Gasteiger partial charge on any atom is 0.255 e. The summed E-state index contributed by atoms with van der Waals surface area (Å²) in [7, 11) is 0. The highest BCUT2D eigenvalue weighted by Crippen LogP contribution is 2.17. The van der Waals surface area contributed by atoms with E-state index in [1.54, 1.807) is 12.1 Å². The predicted octanol–water partition coefficient (Wildman–Crippen LogP) is 4.05. The SMILES string of the molecule is CC(C)C[C@H](N)C(=O)NC(C)c1ccc(NC(=O)c2ccc(F)cc2)cc1.Cl. The van der Waals surface area contributed by atoms with Crippen molar-refractivity contribution in [3.8, 4) is 0 Å². The van der Waals surface area contributed by atoms with Crippen LogP contribution < -0.4 is 16.4 Å². The molecule has 5 nitrogen and oxygen atoms in total. The Bertz CT molecular complexity index is 779. The number of hydrogen-bond donors (Lipinski definition) is 3. The number of carbonyl (C=O) groups excluding carboxylic acids is 2. The molecule has 0 aliphatic carbocycles. The maximum atomic E-state index is 12.9. The number of carbonyl (C=O) groups is 2. The van der Waals surface area contributed by atoms with Gasteiger partial charge in [-0.05, 0) is 61.2 Å². The van der Waals surface area contributed by atoms with Crippen molar-refractivity contribution >= 4 is 29.9 Å². The van der Waals surface area contributed by atoms with Crippen LogP contribution in [0.1, 0.15) is 49.2 Å². The molecule has 28 heavy (non-hydrogen) atoms. The summed E-state index contributed by atoms with van der Waals surface area (Å²) >= 11 is 0. The molecule has 0 aliphatic rings. The zero-order valence-electron chi connectivity index (χ0n) is 16.2. The monoisotopic (exact) mass is 407 g/mol. The predicted molar refractivity (Wildman–Crippen MR) is 112 cm³/mol. The molecular weight excluding hydrogens is 381 g/mol. The van der Waals surface area contributed by atoms with Crippen molar-refractivity contribution in [2.24, 2.45) is 11.7 Å². The summed E-state index contributed by atoms with van der Waals surface area (Å²) in [5.74, 6) is -0.529. The third-order valence-electron chi connectivity index (χ3n) is 4.20. The fourth-order valence-corrected chi connectivity index (χ4v) is 2.68. The molecule has 2 aromatic carbocycles. The van der Waals surface area contributed by atoms with E-state index in [4.69, 9.17) is 5.73 Å². The van der Waals surface area contributed by atoms with Crippen molar-refractivity contribution in [3.05, 3.63) is 65.5 Å². The maximum absolute atomic E-state index is 12.9. The summed E-state index contributed by atoms with van der Waals surface area (Å²) in [5.41, 5.74) is 7.80. The van der Waals surface area contributed by atoms with E-state index in [0.717, 1.165) is 5.56 Å². The Hall–Kier alpha value is -2.44. The van der Waals surface area contributed by atoms with E-state index in [-0.39, 0.29) is 36.1 Å². The van der Waals surface area contributed by atoms with Crippen molar-refractivity contribution in [1.82, 2.24) is 5.32 Å². The molecule has 4 N–H and O–H groups in total. The number of benzene rings is 2.